The fourth-order valence-corrected chi connectivity index (χ4v) is 1.73. The number of benzene rings is 1. The minimum absolute atomic E-state index is 0.0363. The molecule has 0 radical (unpaired) electrons. The molecule has 0 heterocycles. The summed E-state index contributed by atoms with van der Waals surface area (Å²) in [6, 6.07) is 5.51. The Hall–Kier alpha value is -2.30. The van der Waals surface area contributed by atoms with Crippen LogP contribution in [0.2, 0.25) is 0 Å². The Kier molecular flexibility index (Phi) is 5.77. The van der Waals surface area contributed by atoms with Gasteiger partial charge in [0.15, 0.2) is 0 Å². The third kappa shape index (κ3) is 4.12. The third-order valence-corrected chi connectivity index (χ3v) is 2.76. The van der Waals surface area contributed by atoms with Crippen LogP contribution < -0.4 is 4.74 Å². The van der Waals surface area contributed by atoms with Crippen LogP contribution in [-0.4, -0.2) is 33.3 Å². The normalized spacial score (nSPS) is 10.9. The summed E-state index contributed by atoms with van der Waals surface area (Å²) in [7, 11) is 4.11. The minimum Gasteiger partial charge on any atom is -0.496 e. The van der Waals surface area contributed by atoms with Gasteiger partial charge >= 0.3 is 11.9 Å². The van der Waals surface area contributed by atoms with Crippen molar-refractivity contribution in [3.8, 4) is 5.75 Å². The zero-order chi connectivity index (χ0) is 15.1. The van der Waals surface area contributed by atoms with Gasteiger partial charge in [0, 0.05) is 11.6 Å². The standard InChI is InChI=1S/C15H18O5/c1-10-5-6-13(18-2)12(7-10)11(8-14(16)19-3)9-15(17)20-4/h5-8H,9H2,1-4H3/b11-8+. The van der Waals surface area contributed by atoms with Crippen LogP contribution in [0, 0.1) is 6.92 Å². The van der Waals surface area contributed by atoms with Crippen LogP contribution >= 0.6 is 0 Å². The Labute approximate surface area is 118 Å². The van der Waals surface area contributed by atoms with Gasteiger partial charge in [0.2, 0.25) is 0 Å². The molecule has 0 amide bonds. The Morgan fingerprint density at radius 3 is 2.40 bits per heavy atom. The van der Waals surface area contributed by atoms with E-state index in [0.717, 1.165) is 5.56 Å². The van der Waals surface area contributed by atoms with E-state index in [2.05, 4.69) is 9.47 Å². The molecular formula is C15H18O5. The lowest BCUT2D eigenvalue weighted by Crippen LogP contribution is -2.05. The highest BCUT2D eigenvalue weighted by molar-refractivity contribution is 5.97. The third-order valence-electron chi connectivity index (χ3n) is 2.76. The lowest BCUT2D eigenvalue weighted by Gasteiger charge is -2.12. The second-order valence-corrected chi connectivity index (χ2v) is 4.15. The van der Waals surface area contributed by atoms with Crippen molar-refractivity contribution in [2.45, 2.75) is 13.3 Å². The highest BCUT2D eigenvalue weighted by Crippen LogP contribution is 2.29. The van der Waals surface area contributed by atoms with Crippen molar-refractivity contribution in [3.05, 3.63) is 35.4 Å². The van der Waals surface area contributed by atoms with Gasteiger partial charge in [-0.3, -0.25) is 4.79 Å². The molecule has 0 saturated heterocycles. The lowest BCUT2D eigenvalue weighted by molar-refractivity contribution is -0.139. The van der Waals surface area contributed by atoms with E-state index >= 15 is 0 Å². The summed E-state index contributed by atoms with van der Waals surface area (Å²) in [5.41, 5.74) is 2.15. The van der Waals surface area contributed by atoms with Crippen molar-refractivity contribution in [2.75, 3.05) is 21.3 Å². The van der Waals surface area contributed by atoms with Crippen LogP contribution in [-0.2, 0) is 19.1 Å². The van der Waals surface area contributed by atoms with Crippen LogP contribution in [0.1, 0.15) is 17.5 Å². The van der Waals surface area contributed by atoms with E-state index in [1.54, 1.807) is 6.07 Å². The predicted octanol–water partition coefficient (Wildman–Crippen LogP) is 2.12. The number of esters is 2. The topological polar surface area (TPSA) is 61.8 Å². The zero-order valence-electron chi connectivity index (χ0n) is 12.1. The Balaban J connectivity index is 3.29. The minimum atomic E-state index is -0.535. The molecule has 1 aromatic carbocycles. The molecular weight excluding hydrogens is 260 g/mol. The molecule has 0 aliphatic carbocycles. The summed E-state index contributed by atoms with van der Waals surface area (Å²) >= 11 is 0. The molecule has 0 bridgehead atoms. The fraction of sp³-hybridized carbons (Fsp3) is 0.333. The highest BCUT2D eigenvalue weighted by Gasteiger charge is 2.15. The zero-order valence-corrected chi connectivity index (χ0v) is 12.1. The Morgan fingerprint density at radius 2 is 1.85 bits per heavy atom. The number of aryl methyl sites for hydroxylation is 1. The maximum atomic E-state index is 11.5. The molecule has 0 fully saturated rings. The monoisotopic (exact) mass is 278 g/mol. The molecule has 0 aliphatic rings. The van der Waals surface area contributed by atoms with Gasteiger partial charge in [-0.05, 0) is 24.6 Å². The number of methoxy groups -OCH3 is 3. The fourth-order valence-electron chi connectivity index (χ4n) is 1.73. The quantitative estimate of drug-likeness (QED) is 0.610. The van der Waals surface area contributed by atoms with E-state index in [4.69, 9.17) is 4.74 Å². The van der Waals surface area contributed by atoms with Gasteiger partial charge in [0.25, 0.3) is 0 Å². The summed E-state index contributed by atoms with van der Waals surface area (Å²) in [6.45, 7) is 1.91. The predicted molar refractivity (Wildman–Crippen MR) is 74.4 cm³/mol. The Morgan fingerprint density at radius 1 is 1.15 bits per heavy atom. The second-order valence-electron chi connectivity index (χ2n) is 4.15. The molecule has 108 valence electrons. The van der Waals surface area contributed by atoms with E-state index in [1.165, 1.54) is 27.4 Å². The van der Waals surface area contributed by atoms with Crippen molar-refractivity contribution in [2.24, 2.45) is 0 Å². The molecule has 0 atom stereocenters. The number of carbonyl (C=O) groups is 2. The van der Waals surface area contributed by atoms with Crippen LogP contribution in [0.15, 0.2) is 24.3 Å². The maximum Gasteiger partial charge on any atom is 0.330 e. The van der Waals surface area contributed by atoms with Gasteiger partial charge in [-0.25, -0.2) is 4.79 Å². The van der Waals surface area contributed by atoms with E-state index in [9.17, 15) is 9.59 Å². The number of ether oxygens (including phenoxy) is 3. The van der Waals surface area contributed by atoms with E-state index in [-0.39, 0.29) is 6.42 Å². The largest absolute Gasteiger partial charge is 0.496 e. The van der Waals surface area contributed by atoms with Crippen molar-refractivity contribution >= 4 is 17.5 Å². The molecule has 1 aromatic rings. The summed E-state index contributed by atoms with van der Waals surface area (Å²) in [4.78, 5) is 23.0. The van der Waals surface area contributed by atoms with Crippen LogP contribution in [0.4, 0.5) is 0 Å². The average Bonchev–Trinajstić information content (AvgIpc) is 2.46. The summed E-state index contributed by atoms with van der Waals surface area (Å²) in [6.07, 6.45) is 1.24. The smallest absolute Gasteiger partial charge is 0.330 e. The summed E-state index contributed by atoms with van der Waals surface area (Å²) < 4.78 is 14.5. The first-order valence-electron chi connectivity index (χ1n) is 6.02. The van der Waals surface area contributed by atoms with Crippen LogP contribution in [0.5, 0.6) is 5.75 Å². The lowest BCUT2D eigenvalue weighted by atomic mass is 9.99. The first-order valence-corrected chi connectivity index (χ1v) is 6.02. The number of hydrogen-bond donors (Lipinski definition) is 0. The molecule has 1 rings (SSSR count). The van der Waals surface area contributed by atoms with Crippen molar-refractivity contribution < 1.29 is 23.8 Å². The maximum absolute atomic E-state index is 11.5. The van der Waals surface area contributed by atoms with E-state index in [0.29, 0.717) is 16.9 Å². The molecule has 20 heavy (non-hydrogen) atoms. The van der Waals surface area contributed by atoms with Crippen molar-refractivity contribution in [1.29, 1.82) is 0 Å². The van der Waals surface area contributed by atoms with E-state index in [1.807, 2.05) is 19.1 Å². The van der Waals surface area contributed by atoms with E-state index < -0.39 is 11.9 Å². The van der Waals surface area contributed by atoms with Gasteiger partial charge in [-0.2, -0.15) is 0 Å². The van der Waals surface area contributed by atoms with Gasteiger partial charge < -0.3 is 14.2 Å². The SMILES string of the molecule is COC(=O)/C=C(\CC(=O)OC)c1cc(C)ccc1OC. The first kappa shape index (κ1) is 15.8. The van der Waals surface area contributed by atoms with Crippen LogP contribution in [0.3, 0.4) is 0 Å². The second kappa shape index (κ2) is 7.33. The molecule has 5 heteroatoms. The molecule has 0 N–H and O–H groups in total. The summed E-state index contributed by atoms with van der Waals surface area (Å²) in [5.74, 6) is -0.397. The number of hydrogen-bond acceptors (Lipinski definition) is 5. The molecule has 0 saturated carbocycles. The van der Waals surface area contributed by atoms with Gasteiger partial charge in [0.05, 0.1) is 27.8 Å². The molecule has 0 spiro atoms. The number of rotatable bonds is 5. The number of carbonyl (C=O) groups excluding carboxylic acids is 2. The van der Waals surface area contributed by atoms with Crippen molar-refractivity contribution in [1.82, 2.24) is 0 Å². The summed E-state index contributed by atoms with van der Waals surface area (Å²) in [5, 5.41) is 0. The van der Waals surface area contributed by atoms with Crippen LogP contribution in [0.25, 0.3) is 5.57 Å². The van der Waals surface area contributed by atoms with Crippen molar-refractivity contribution in [3.63, 3.8) is 0 Å². The molecule has 0 aliphatic heterocycles. The van der Waals surface area contributed by atoms with Gasteiger partial charge in [0.1, 0.15) is 5.75 Å². The highest BCUT2D eigenvalue weighted by atomic mass is 16.5. The average molecular weight is 278 g/mol. The molecule has 0 unspecified atom stereocenters. The van der Waals surface area contributed by atoms with Gasteiger partial charge in [-0.1, -0.05) is 11.6 Å². The molecule has 0 aromatic heterocycles. The Bertz CT molecular complexity index is 531. The molecule has 5 nitrogen and oxygen atoms in total. The first-order chi connectivity index (χ1) is 9.51. The van der Waals surface area contributed by atoms with Gasteiger partial charge in [-0.15, -0.1) is 0 Å².